The third-order valence-electron chi connectivity index (χ3n) is 5.31. The molecule has 1 aliphatic carbocycles. The lowest BCUT2D eigenvalue weighted by molar-refractivity contribution is -0.131. The van der Waals surface area contributed by atoms with E-state index in [1.54, 1.807) is 32.4 Å². The monoisotopic (exact) mass is 406 g/mol. The van der Waals surface area contributed by atoms with Crippen LogP contribution in [-0.4, -0.2) is 31.6 Å². The number of hydrogen-bond donors (Lipinski definition) is 2. The molecule has 6 nitrogen and oxygen atoms in total. The Morgan fingerprint density at radius 2 is 1.73 bits per heavy atom. The van der Waals surface area contributed by atoms with Gasteiger partial charge < -0.3 is 20.5 Å². The van der Waals surface area contributed by atoms with Crippen molar-refractivity contribution < 1.29 is 19.1 Å². The lowest BCUT2D eigenvalue weighted by Crippen LogP contribution is -2.49. The van der Waals surface area contributed by atoms with E-state index in [9.17, 15) is 9.59 Å². The summed E-state index contributed by atoms with van der Waals surface area (Å²) < 4.78 is 11.0. The molecular weight excluding hydrogens is 380 g/mol. The van der Waals surface area contributed by atoms with E-state index in [2.05, 4.69) is 5.32 Å². The quantitative estimate of drug-likeness (QED) is 0.705. The van der Waals surface area contributed by atoms with Gasteiger partial charge in [0.2, 0.25) is 11.8 Å². The van der Waals surface area contributed by atoms with Crippen LogP contribution in [0.5, 0.6) is 5.75 Å². The molecule has 156 valence electrons. The molecule has 0 spiro atoms. The highest BCUT2D eigenvalue weighted by Crippen LogP contribution is 2.34. The number of nitrogens with one attached hydrogen (secondary N) is 1. The summed E-state index contributed by atoms with van der Waals surface area (Å²) in [6.45, 7) is 0.341. The number of benzene rings is 2. The minimum absolute atomic E-state index is 0.244. The number of methoxy groups -OCH3 is 2. The van der Waals surface area contributed by atoms with Crippen LogP contribution < -0.4 is 15.8 Å². The summed E-state index contributed by atoms with van der Waals surface area (Å²) in [6.07, 6.45) is 5.46. The van der Waals surface area contributed by atoms with Crippen molar-refractivity contribution in [1.82, 2.24) is 5.32 Å². The predicted molar refractivity (Wildman–Crippen MR) is 115 cm³/mol. The highest BCUT2D eigenvalue weighted by atomic mass is 16.5. The third kappa shape index (κ3) is 4.78. The van der Waals surface area contributed by atoms with Crippen LogP contribution in [0.3, 0.4) is 0 Å². The molecule has 3 rings (SSSR count). The van der Waals surface area contributed by atoms with Gasteiger partial charge in [-0.3, -0.25) is 9.59 Å². The fourth-order valence-corrected chi connectivity index (χ4v) is 3.57. The molecule has 3 N–H and O–H groups in total. The summed E-state index contributed by atoms with van der Waals surface area (Å²) in [6, 6.07) is 17.2. The number of carbonyl (C=O) groups excluding carboxylic acids is 2. The maximum atomic E-state index is 13.2. The second-order valence-electron chi connectivity index (χ2n) is 7.18. The molecule has 0 aromatic heterocycles. The molecular formula is C24H26N2O4. The predicted octanol–water partition coefficient (Wildman–Crippen LogP) is 2.54. The van der Waals surface area contributed by atoms with E-state index in [1.807, 2.05) is 54.6 Å². The van der Waals surface area contributed by atoms with Crippen LogP contribution in [0.1, 0.15) is 11.1 Å². The van der Waals surface area contributed by atoms with Gasteiger partial charge in [0.15, 0.2) is 0 Å². The molecule has 0 saturated heterocycles. The zero-order valence-electron chi connectivity index (χ0n) is 17.1. The molecule has 0 aliphatic heterocycles. The Balaban J connectivity index is 1.83. The average Bonchev–Trinajstić information content (AvgIpc) is 2.78. The van der Waals surface area contributed by atoms with Gasteiger partial charge in [-0.05, 0) is 23.3 Å². The van der Waals surface area contributed by atoms with Gasteiger partial charge in [-0.25, -0.2) is 0 Å². The lowest BCUT2D eigenvalue weighted by Gasteiger charge is -2.37. The van der Waals surface area contributed by atoms with Crippen LogP contribution in [0.15, 0.2) is 78.4 Å². The summed E-state index contributed by atoms with van der Waals surface area (Å²) in [5.41, 5.74) is 6.78. The van der Waals surface area contributed by atoms with Gasteiger partial charge in [0.05, 0.1) is 13.0 Å². The van der Waals surface area contributed by atoms with Crippen LogP contribution in [0.2, 0.25) is 0 Å². The number of amides is 2. The zero-order valence-corrected chi connectivity index (χ0v) is 17.1. The fraction of sp³-hybridized carbons (Fsp3) is 0.250. The zero-order chi connectivity index (χ0) is 21.6. The van der Waals surface area contributed by atoms with E-state index in [1.165, 1.54) is 0 Å². The number of ether oxygens (including phenoxy) is 2. The molecule has 2 amide bonds. The van der Waals surface area contributed by atoms with Crippen LogP contribution in [-0.2, 0) is 27.3 Å². The van der Waals surface area contributed by atoms with E-state index in [0.717, 1.165) is 16.9 Å². The van der Waals surface area contributed by atoms with E-state index in [-0.39, 0.29) is 5.91 Å². The first-order valence-corrected chi connectivity index (χ1v) is 9.68. The highest BCUT2D eigenvalue weighted by Gasteiger charge is 2.42. The van der Waals surface area contributed by atoms with Crippen molar-refractivity contribution in [3.05, 3.63) is 89.5 Å². The second kappa shape index (κ2) is 9.41. The van der Waals surface area contributed by atoms with Gasteiger partial charge in [-0.1, -0.05) is 60.7 Å². The van der Waals surface area contributed by atoms with E-state index < -0.39 is 17.4 Å². The van der Waals surface area contributed by atoms with Gasteiger partial charge >= 0.3 is 0 Å². The first kappa shape index (κ1) is 21.3. The standard InChI is InChI=1S/C24H26N2O4/c1-29-20-10-8-18(9-11-20)16-26-23(28)21-14-19(22(25)27)12-13-24(21,30-2)15-17-6-4-3-5-7-17/h3-14,21H,15-16H2,1-2H3,(H2,25,27)(H,26,28). The van der Waals surface area contributed by atoms with Gasteiger partial charge in [0.25, 0.3) is 0 Å². The first-order chi connectivity index (χ1) is 14.5. The number of hydrogen-bond acceptors (Lipinski definition) is 4. The normalized spacial score (nSPS) is 20.3. The van der Waals surface area contributed by atoms with Crippen molar-refractivity contribution in [2.45, 2.75) is 18.6 Å². The van der Waals surface area contributed by atoms with Gasteiger partial charge in [0, 0.05) is 25.6 Å². The topological polar surface area (TPSA) is 90.6 Å². The number of rotatable bonds is 8. The molecule has 2 unspecified atom stereocenters. The summed E-state index contributed by atoms with van der Waals surface area (Å²) in [5.74, 6) is -0.790. The van der Waals surface area contributed by atoms with Crippen LogP contribution in [0.4, 0.5) is 0 Å². The molecule has 6 heteroatoms. The number of primary amides is 1. The molecule has 0 fully saturated rings. The molecule has 0 heterocycles. The minimum atomic E-state index is -0.926. The summed E-state index contributed by atoms with van der Waals surface area (Å²) in [5, 5.41) is 2.95. The van der Waals surface area contributed by atoms with Crippen molar-refractivity contribution >= 4 is 11.8 Å². The Labute approximate surface area is 176 Å². The van der Waals surface area contributed by atoms with Crippen LogP contribution >= 0.6 is 0 Å². The Hall–Kier alpha value is -3.38. The van der Waals surface area contributed by atoms with Crippen molar-refractivity contribution in [2.75, 3.05) is 14.2 Å². The number of nitrogens with two attached hydrogens (primary N) is 1. The van der Waals surface area contributed by atoms with Crippen LogP contribution in [0.25, 0.3) is 0 Å². The molecule has 30 heavy (non-hydrogen) atoms. The minimum Gasteiger partial charge on any atom is -0.497 e. The summed E-state index contributed by atoms with van der Waals surface area (Å²) >= 11 is 0. The van der Waals surface area contributed by atoms with Crippen molar-refractivity contribution in [3.63, 3.8) is 0 Å². The molecule has 0 radical (unpaired) electrons. The Kier molecular flexibility index (Phi) is 6.69. The summed E-state index contributed by atoms with van der Waals surface area (Å²) in [7, 11) is 3.17. The molecule has 2 atom stereocenters. The fourth-order valence-electron chi connectivity index (χ4n) is 3.57. The second-order valence-corrected chi connectivity index (χ2v) is 7.18. The molecule has 1 aliphatic rings. The maximum Gasteiger partial charge on any atom is 0.248 e. The molecule has 0 bridgehead atoms. The Morgan fingerprint density at radius 1 is 1.03 bits per heavy atom. The van der Waals surface area contributed by atoms with Gasteiger partial charge in [-0.15, -0.1) is 0 Å². The van der Waals surface area contributed by atoms with E-state index >= 15 is 0 Å². The van der Waals surface area contributed by atoms with Crippen molar-refractivity contribution in [3.8, 4) is 5.75 Å². The maximum absolute atomic E-state index is 13.2. The average molecular weight is 406 g/mol. The molecule has 2 aromatic carbocycles. The number of carbonyl (C=O) groups is 2. The summed E-state index contributed by atoms with van der Waals surface area (Å²) in [4.78, 5) is 24.9. The largest absolute Gasteiger partial charge is 0.497 e. The smallest absolute Gasteiger partial charge is 0.248 e. The van der Waals surface area contributed by atoms with Crippen molar-refractivity contribution in [2.24, 2.45) is 11.7 Å². The molecule has 0 saturated carbocycles. The molecule has 2 aromatic rings. The van der Waals surface area contributed by atoms with Gasteiger partial charge in [-0.2, -0.15) is 0 Å². The van der Waals surface area contributed by atoms with Crippen molar-refractivity contribution in [1.29, 1.82) is 0 Å². The SMILES string of the molecule is COc1ccc(CNC(=O)C2C=C(C(N)=O)C=CC2(Cc2ccccc2)OC)cc1. The van der Waals surface area contributed by atoms with Gasteiger partial charge in [0.1, 0.15) is 11.4 Å². The van der Waals surface area contributed by atoms with Crippen LogP contribution in [0, 0.1) is 5.92 Å². The highest BCUT2D eigenvalue weighted by molar-refractivity contribution is 5.97. The van der Waals surface area contributed by atoms with E-state index in [0.29, 0.717) is 18.5 Å². The Bertz CT molecular complexity index is 951. The third-order valence-corrected chi connectivity index (χ3v) is 5.31. The lowest BCUT2D eigenvalue weighted by atomic mass is 9.76. The first-order valence-electron chi connectivity index (χ1n) is 9.68. The van der Waals surface area contributed by atoms with E-state index in [4.69, 9.17) is 15.2 Å². The Morgan fingerprint density at radius 3 is 2.33 bits per heavy atom.